The average molecular weight is 291 g/mol. The van der Waals surface area contributed by atoms with Crippen LogP contribution in [0.3, 0.4) is 0 Å². The van der Waals surface area contributed by atoms with Gasteiger partial charge in [-0.05, 0) is 29.8 Å². The monoisotopic (exact) mass is 290 g/mol. The smallest absolute Gasteiger partial charge is 0.354 e. The molecule has 0 aliphatic heterocycles. The molecule has 0 aliphatic carbocycles. The maximum absolute atomic E-state index is 11.9. The molecule has 0 aliphatic rings. The third-order valence-electron chi connectivity index (χ3n) is 2.58. The molecule has 0 unspecified atom stereocenters. The summed E-state index contributed by atoms with van der Waals surface area (Å²) in [5.74, 6) is -1.54. The van der Waals surface area contributed by atoms with E-state index in [-0.39, 0.29) is 17.2 Å². The third kappa shape index (κ3) is 3.55. The fraction of sp³-hybridized carbons (Fsp3) is 0.0714. The van der Waals surface area contributed by atoms with Gasteiger partial charge in [-0.2, -0.15) is 0 Å². The maximum atomic E-state index is 11.9. The first-order valence-electron chi connectivity index (χ1n) is 5.78. The van der Waals surface area contributed by atoms with Crippen molar-refractivity contribution in [3.63, 3.8) is 0 Å². The zero-order chi connectivity index (χ0) is 14.5. The van der Waals surface area contributed by atoms with Gasteiger partial charge in [0.1, 0.15) is 5.69 Å². The molecule has 6 heteroatoms. The zero-order valence-corrected chi connectivity index (χ0v) is 11.1. The largest absolute Gasteiger partial charge is 0.477 e. The summed E-state index contributed by atoms with van der Waals surface area (Å²) in [6, 6.07) is 9.81. The molecule has 0 radical (unpaired) electrons. The summed E-state index contributed by atoms with van der Waals surface area (Å²) in [6.07, 6.45) is 1.29. The lowest BCUT2D eigenvalue weighted by molar-refractivity contribution is 0.0690. The average Bonchev–Trinajstić information content (AvgIpc) is 2.45. The molecule has 0 bridgehead atoms. The number of nitrogens with one attached hydrogen (secondary N) is 1. The topological polar surface area (TPSA) is 79.3 Å². The number of benzene rings is 1. The summed E-state index contributed by atoms with van der Waals surface area (Å²) in [6.45, 7) is 0.310. The number of hydrogen-bond acceptors (Lipinski definition) is 3. The third-order valence-corrected chi connectivity index (χ3v) is 2.82. The minimum Gasteiger partial charge on any atom is -0.477 e. The Hall–Kier alpha value is -2.40. The normalized spacial score (nSPS) is 10.1. The number of pyridine rings is 1. The lowest BCUT2D eigenvalue weighted by Crippen LogP contribution is -2.23. The second kappa shape index (κ2) is 6.16. The Balaban J connectivity index is 2.05. The van der Waals surface area contributed by atoms with Crippen LogP contribution in [0.5, 0.6) is 0 Å². The Bertz CT molecular complexity index is 658. The van der Waals surface area contributed by atoms with Gasteiger partial charge in [-0.3, -0.25) is 4.79 Å². The van der Waals surface area contributed by atoms with E-state index >= 15 is 0 Å². The van der Waals surface area contributed by atoms with Crippen molar-refractivity contribution in [3.05, 3.63) is 64.4 Å². The van der Waals surface area contributed by atoms with Crippen molar-refractivity contribution in [1.29, 1.82) is 0 Å². The second-order valence-corrected chi connectivity index (χ2v) is 4.48. The number of amides is 1. The summed E-state index contributed by atoms with van der Waals surface area (Å²) in [5, 5.41) is 12.1. The first-order valence-corrected chi connectivity index (χ1v) is 6.16. The van der Waals surface area contributed by atoms with Gasteiger partial charge in [0.15, 0.2) is 0 Å². The van der Waals surface area contributed by atoms with Gasteiger partial charge in [0, 0.05) is 23.3 Å². The maximum Gasteiger partial charge on any atom is 0.354 e. The van der Waals surface area contributed by atoms with E-state index in [0.29, 0.717) is 11.6 Å². The van der Waals surface area contributed by atoms with Gasteiger partial charge in [0.2, 0.25) is 0 Å². The van der Waals surface area contributed by atoms with Crippen LogP contribution < -0.4 is 5.32 Å². The highest BCUT2D eigenvalue weighted by Crippen LogP contribution is 2.10. The highest BCUT2D eigenvalue weighted by Gasteiger charge is 2.10. The fourth-order valence-corrected chi connectivity index (χ4v) is 1.83. The highest BCUT2D eigenvalue weighted by atomic mass is 35.5. The summed E-state index contributed by atoms with van der Waals surface area (Å²) >= 11 is 5.85. The number of halogens is 1. The van der Waals surface area contributed by atoms with Crippen molar-refractivity contribution in [2.75, 3.05) is 0 Å². The number of aromatic nitrogens is 1. The number of aromatic carboxylic acids is 1. The molecule has 102 valence electrons. The first kappa shape index (κ1) is 14.0. The van der Waals surface area contributed by atoms with E-state index in [4.69, 9.17) is 16.7 Å². The highest BCUT2D eigenvalue weighted by molar-refractivity contribution is 6.30. The Morgan fingerprint density at radius 2 is 2.05 bits per heavy atom. The first-order chi connectivity index (χ1) is 9.56. The van der Waals surface area contributed by atoms with Crippen LogP contribution in [0.25, 0.3) is 0 Å². The molecule has 1 amide bonds. The van der Waals surface area contributed by atoms with Gasteiger partial charge in [0.25, 0.3) is 5.91 Å². The Kier molecular flexibility index (Phi) is 4.32. The van der Waals surface area contributed by atoms with Crippen LogP contribution in [0.15, 0.2) is 42.6 Å². The number of carbonyl (C=O) groups is 2. The number of carboxylic acids is 1. The minimum absolute atomic E-state index is 0.166. The molecule has 0 fully saturated rings. The SMILES string of the molecule is O=C(NCc1cccc(Cl)c1)c1ccnc(C(=O)O)c1. The van der Waals surface area contributed by atoms with Crippen LogP contribution >= 0.6 is 11.6 Å². The summed E-state index contributed by atoms with van der Waals surface area (Å²) in [4.78, 5) is 26.4. The van der Waals surface area contributed by atoms with E-state index in [1.54, 1.807) is 18.2 Å². The van der Waals surface area contributed by atoms with Gasteiger partial charge in [-0.1, -0.05) is 23.7 Å². The fourth-order valence-electron chi connectivity index (χ4n) is 1.62. The van der Waals surface area contributed by atoms with Gasteiger partial charge >= 0.3 is 5.97 Å². The molecular formula is C14H11ClN2O3. The molecule has 2 aromatic rings. The summed E-state index contributed by atoms with van der Waals surface area (Å²) in [7, 11) is 0. The molecule has 1 heterocycles. The Morgan fingerprint density at radius 1 is 1.25 bits per heavy atom. The van der Waals surface area contributed by atoms with Crippen LogP contribution in [0, 0.1) is 0 Å². The number of carbonyl (C=O) groups excluding carboxylic acids is 1. The molecule has 1 aromatic carbocycles. The van der Waals surface area contributed by atoms with E-state index in [9.17, 15) is 9.59 Å². The van der Waals surface area contributed by atoms with E-state index in [2.05, 4.69) is 10.3 Å². The quantitative estimate of drug-likeness (QED) is 0.906. The predicted octanol–water partition coefficient (Wildman–Crippen LogP) is 2.36. The van der Waals surface area contributed by atoms with E-state index in [0.717, 1.165) is 5.56 Å². The summed E-state index contributed by atoms with van der Waals surface area (Å²) < 4.78 is 0. The molecule has 0 saturated heterocycles. The van der Waals surface area contributed by atoms with E-state index in [1.807, 2.05) is 6.07 Å². The Labute approximate surface area is 120 Å². The number of hydrogen-bond donors (Lipinski definition) is 2. The van der Waals surface area contributed by atoms with Gasteiger partial charge < -0.3 is 10.4 Å². The van der Waals surface area contributed by atoms with Crippen LogP contribution in [-0.2, 0) is 6.54 Å². The number of nitrogens with zero attached hydrogens (tertiary/aromatic N) is 1. The van der Waals surface area contributed by atoms with Gasteiger partial charge in [-0.15, -0.1) is 0 Å². The van der Waals surface area contributed by atoms with Crippen LogP contribution in [-0.4, -0.2) is 22.0 Å². The molecule has 20 heavy (non-hydrogen) atoms. The van der Waals surface area contributed by atoms with Crippen molar-refractivity contribution in [2.45, 2.75) is 6.54 Å². The second-order valence-electron chi connectivity index (χ2n) is 4.05. The molecule has 1 aromatic heterocycles. The van der Waals surface area contributed by atoms with Crippen molar-refractivity contribution in [3.8, 4) is 0 Å². The molecular weight excluding hydrogens is 280 g/mol. The van der Waals surface area contributed by atoms with Gasteiger partial charge in [0.05, 0.1) is 0 Å². The van der Waals surface area contributed by atoms with Crippen LogP contribution in [0.4, 0.5) is 0 Å². The lowest BCUT2D eigenvalue weighted by Gasteiger charge is -2.06. The molecule has 0 spiro atoms. The van der Waals surface area contributed by atoms with Gasteiger partial charge in [-0.25, -0.2) is 9.78 Å². The molecule has 2 rings (SSSR count). The lowest BCUT2D eigenvalue weighted by atomic mass is 10.2. The molecule has 2 N–H and O–H groups in total. The predicted molar refractivity (Wildman–Crippen MR) is 73.8 cm³/mol. The van der Waals surface area contributed by atoms with Crippen molar-refractivity contribution in [2.24, 2.45) is 0 Å². The summed E-state index contributed by atoms with van der Waals surface area (Å²) in [5.41, 5.74) is 0.943. The number of rotatable bonds is 4. The molecule has 0 atom stereocenters. The van der Waals surface area contributed by atoms with E-state index in [1.165, 1.54) is 18.3 Å². The number of carboxylic acid groups (broad SMARTS) is 1. The Morgan fingerprint density at radius 3 is 2.75 bits per heavy atom. The zero-order valence-electron chi connectivity index (χ0n) is 10.3. The van der Waals surface area contributed by atoms with Crippen LogP contribution in [0.1, 0.15) is 26.4 Å². The molecule has 0 saturated carbocycles. The van der Waals surface area contributed by atoms with E-state index < -0.39 is 5.97 Å². The van der Waals surface area contributed by atoms with Crippen molar-refractivity contribution in [1.82, 2.24) is 10.3 Å². The standard InChI is InChI=1S/C14H11ClN2O3/c15-11-3-1-2-9(6-11)8-17-13(18)10-4-5-16-12(7-10)14(19)20/h1-7H,8H2,(H,17,18)(H,19,20). The minimum atomic E-state index is -1.17. The van der Waals surface area contributed by atoms with Crippen molar-refractivity contribution >= 4 is 23.5 Å². The van der Waals surface area contributed by atoms with Crippen LogP contribution in [0.2, 0.25) is 5.02 Å². The molecule has 5 nitrogen and oxygen atoms in total. The van der Waals surface area contributed by atoms with Crippen molar-refractivity contribution < 1.29 is 14.7 Å².